The minimum atomic E-state index is -3.55. The molecule has 33 heavy (non-hydrogen) atoms. The Morgan fingerprint density at radius 2 is 1.73 bits per heavy atom. The van der Waals surface area contributed by atoms with Gasteiger partial charge < -0.3 is 14.4 Å². The van der Waals surface area contributed by atoms with Gasteiger partial charge in [0, 0.05) is 32.1 Å². The van der Waals surface area contributed by atoms with Crippen molar-refractivity contribution in [1.82, 2.24) is 9.21 Å². The molecular weight excluding hydrogens is 440 g/mol. The molecule has 0 radical (unpaired) electrons. The van der Waals surface area contributed by atoms with Crippen LogP contribution in [-0.4, -0.2) is 50.0 Å². The van der Waals surface area contributed by atoms with E-state index in [-0.39, 0.29) is 18.6 Å². The summed E-state index contributed by atoms with van der Waals surface area (Å²) in [6.07, 6.45) is 1.06. The smallest absolute Gasteiger partial charge is 0.243 e. The maximum atomic E-state index is 13.2. The number of sulfonamides is 1. The van der Waals surface area contributed by atoms with Crippen LogP contribution >= 0.6 is 0 Å². The van der Waals surface area contributed by atoms with Crippen LogP contribution in [0.2, 0.25) is 0 Å². The molecule has 2 aliphatic rings. The molecule has 0 aromatic heterocycles. The zero-order valence-corrected chi connectivity index (χ0v) is 20.3. The Bertz CT molecular complexity index is 1090. The molecule has 1 amide bonds. The Balaban J connectivity index is 1.37. The van der Waals surface area contributed by atoms with Crippen molar-refractivity contribution in [2.75, 3.05) is 26.4 Å². The van der Waals surface area contributed by atoms with Crippen LogP contribution in [0, 0.1) is 5.92 Å². The van der Waals surface area contributed by atoms with E-state index in [1.54, 1.807) is 12.1 Å². The summed E-state index contributed by atoms with van der Waals surface area (Å²) in [7, 11) is -3.55. The van der Waals surface area contributed by atoms with E-state index in [0.29, 0.717) is 55.6 Å². The fraction of sp³-hybridized carbons (Fsp3) is 0.480. The largest absolute Gasteiger partial charge is 0.454 e. The topological polar surface area (TPSA) is 76.2 Å². The van der Waals surface area contributed by atoms with Gasteiger partial charge in [-0.15, -0.1) is 0 Å². The predicted octanol–water partition coefficient (Wildman–Crippen LogP) is 3.99. The molecule has 2 heterocycles. The van der Waals surface area contributed by atoms with Gasteiger partial charge in [-0.1, -0.05) is 32.0 Å². The van der Waals surface area contributed by atoms with Gasteiger partial charge in [0.05, 0.1) is 4.90 Å². The first-order chi connectivity index (χ1) is 15.8. The first-order valence-corrected chi connectivity index (χ1v) is 13.0. The summed E-state index contributed by atoms with van der Waals surface area (Å²) in [5, 5.41) is 0. The van der Waals surface area contributed by atoms with Crippen LogP contribution in [0.4, 0.5) is 0 Å². The maximum absolute atomic E-state index is 13.2. The SMILES string of the molecule is CCN(Cc1ccc2c(c1)OCO2)C(=O)C1CCN(S(=O)(=O)c2ccc(C(C)C)cc2)CC1. The molecule has 0 unspecified atom stereocenters. The minimum Gasteiger partial charge on any atom is -0.454 e. The summed E-state index contributed by atoms with van der Waals surface area (Å²) < 4.78 is 38.5. The van der Waals surface area contributed by atoms with Crippen LogP contribution in [0.25, 0.3) is 0 Å². The first-order valence-electron chi connectivity index (χ1n) is 11.6. The van der Waals surface area contributed by atoms with Crippen LogP contribution in [-0.2, 0) is 21.4 Å². The Kier molecular flexibility index (Phi) is 6.95. The molecular formula is C25H32N2O5S. The van der Waals surface area contributed by atoms with Gasteiger partial charge in [0.15, 0.2) is 11.5 Å². The van der Waals surface area contributed by atoms with Gasteiger partial charge in [0.1, 0.15) is 0 Å². The third-order valence-electron chi connectivity index (χ3n) is 6.49. The van der Waals surface area contributed by atoms with Crippen LogP contribution in [0.5, 0.6) is 11.5 Å². The summed E-state index contributed by atoms with van der Waals surface area (Å²) in [6.45, 7) is 8.14. The number of fused-ring (bicyclic) bond motifs is 1. The van der Waals surface area contributed by atoms with Gasteiger partial charge in [-0.2, -0.15) is 4.31 Å². The number of hydrogen-bond acceptors (Lipinski definition) is 5. The number of hydrogen-bond donors (Lipinski definition) is 0. The molecule has 2 aliphatic heterocycles. The lowest BCUT2D eigenvalue weighted by molar-refractivity contribution is -0.137. The highest BCUT2D eigenvalue weighted by Crippen LogP contribution is 2.33. The van der Waals surface area contributed by atoms with Gasteiger partial charge in [-0.25, -0.2) is 8.42 Å². The maximum Gasteiger partial charge on any atom is 0.243 e. The number of rotatable bonds is 7. The second-order valence-corrected chi connectivity index (χ2v) is 10.9. The predicted molar refractivity (Wildman–Crippen MR) is 126 cm³/mol. The van der Waals surface area contributed by atoms with E-state index in [1.807, 2.05) is 42.2 Å². The minimum absolute atomic E-state index is 0.0773. The number of amides is 1. The number of carbonyl (C=O) groups excluding carboxylic acids is 1. The van der Waals surface area contributed by atoms with Crippen molar-refractivity contribution in [1.29, 1.82) is 0 Å². The van der Waals surface area contributed by atoms with Gasteiger partial charge in [-0.3, -0.25) is 4.79 Å². The Morgan fingerprint density at radius 1 is 1.06 bits per heavy atom. The molecule has 7 nitrogen and oxygen atoms in total. The molecule has 0 saturated carbocycles. The molecule has 0 bridgehead atoms. The summed E-state index contributed by atoms with van der Waals surface area (Å²) >= 11 is 0. The highest BCUT2D eigenvalue weighted by Gasteiger charge is 2.33. The molecule has 2 aromatic carbocycles. The van der Waals surface area contributed by atoms with Crippen LogP contribution in [0.1, 0.15) is 50.7 Å². The standard InChI is InChI=1S/C25H32N2O5S/c1-4-26(16-19-5-10-23-24(15-19)32-17-31-23)25(28)21-11-13-27(14-12-21)33(29,30)22-8-6-20(7-9-22)18(2)3/h5-10,15,18,21H,4,11-14,16-17H2,1-3H3. The highest BCUT2D eigenvalue weighted by molar-refractivity contribution is 7.89. The van der Waals surface area contributed by atoms with Gasteiger partial charge in [0.25, 0.3) is 0 Å². The van der Waals surface area contributed by atoms with E-state index in [4.69, 9.17) is 9.47 Å². The lowest BCUT2D eigenvalue weighted by Crippen LogP contribution is -2.44. The molecule has 8 heteroatoms. The van der Waals surface area contributed by atoms with Crippen molar-refractivity contribution in [2.24, 2.45) is 5.92 Å². The third-order valence-corrected chi connectivity index (χ3v) is 8.40. The fourth-order valence-electron chi connectivity index (χ4n) is 4.38. The van der Waals surface area contributed by atoms with Crippen LogP contribution in [0.15, 0.2) is 47.4 Å². The lowest BCUT2D eigenvalue weighted by Gasteiger charge is -2.33. The molecule has 1 fully saturated rings. The zero-order chi connectivity index (χ0) is 23.6. The zero-order valence-electron chi connectivity index (χ0n) is 19.5. The molecule has 1 saturated heterocycles. The van der Waals surface area contributed by atoms with E-state index in [1.165, 1.54) is 4.31 Å². The number of nitrogens with zero attached hydrogens (tertiary/aromatic N) is 2. The number of carbonyl (C=O) groups is 1. The monoisotopic (exact) mass is 472 g/mol. The number of ether oxygens (including phenoxy) is 2. The molecule has 4 rings (SSSR count). The molecule has 0 atom stereocenters. The van der Waals surface area contributed by atoms with Crippen LogP contribution in [0.3, 0.4) is 0 Å². The van der Waals surface area contributed by atoms with E-state index in [2.05, 4.69) is 13.8 Å². The fourth-order valence-corrected chi connectivity index (χ4v) is 5.85. The van der Waals surface area contributed by atoms with Crippen molar-refractivity contribution in [3.63, 3.8) is 0 Å². The average Bonchev–Trinajstić information content (AvgIpc) is 3.30. The number of piperidine rings is 1. The van der Waals surface area contributed by atoms with Crippen molar-refractivity contribution in [3.8, 4) is 11.5 Å². The molecule has 178 valence electrons. The second-order valence-electron chi connectivity index (χ2n) is 8.94. The van der Waals surface area contributed by atoms with Crippen molar-refractivity contribution in [3.05, 3.63) is 53.6 Å². The quantitative estimate of drug-likeness (QED) is 0.609. The van der Waals surface area contributed by atoms with Crippen molar-refractivity contribution in [2.45, 2.75) is 51.0 Å². The van der Waals surface area contributed by atoms with E-state index in [0.717, 1.165) is 16.9 Å². The van der Waals surface area contributed by atoms with E-state index in [9.17, 15) is 13.2 Å². The van der Waals surface area contributed by atoms with Crippen molar-refractivity contribution >= 4 is 15.9 Å². The van der Waals surface area contributed by atoms with Gasteiger partial charge in [0.2, 0.25) is 22.7 Å². The van der Waals surface area contributed by atoms with Gasteiger partial charge >= 0.3 is 0 Å². The molecule has 0 N–H and O–H groups in total. The van der Waals surface area contributed by atoms with E-state index < -0.39 is 10.0 Å². The van der Waals surface area contributed by atoms with Crippen molar-refractivity contribution < 1.29 is 22.7 Å². The highest BCUT2D eigenvalue weighted by atomic mass is 32.2. The summed E-state index contributed by atoms with van der Waals surface area (Å²) in [6, 6.07) is 12.9. The Morgan fingerprint density at radius 3 is 2.36 bits per heavy atom. The Labute approximate surface area is 196 Å². The molecule has 0 spiro atoms. The first kappa shape index (κ1) is 23.6. The Hall–Kier alpha value is -2.58. The second kappa shape index (κ2) is 9.73. The van der Waals surface area contributed by atoms with Gasteiger partial charge in [-0.05, 0) is 61.1 Å². The average molecular weight is 473 g/mol. The lowest BCUT2D eigenvalue weighted by atomic mass is 9.96. The summed E-state index contributed by atoms with van der Waals surface area (Å²) in [4.78, 5) is 15.3. The third kappa shape index (κ3) is 5.01. The normalized spacial score (nSPS) is 16.8. The summed E-state index contributed by atoms with van der Waals surface area (Å²) in [5.41, 5.74) is 2.10. The van der Waals surface area contributed by atoms with Crippen LogP contribution < -0.4 is 9.47 Å². The van der Waals surface area contributed by atoms with E-state index >= 15 is 0 Å². The molecule has 0 aliphatic carbocycles. The number of benzene rings is 2. The molecule has 2 aromatic rings. The summed E-state index contributed by atoms with van der Waals surface area (Å²) in [5.74, 6) is 1.68.